The minimum atomic E-state index is -1.95. The Labute approximate surface area is 137 Å². The second-order valence-electron chi connectivity index (χ2n) is 7.02. The number of carbonyl (C=O) groups is 1. The SMILES string of the molecule is COC(=O)c1nn(CC(C)O[Si](C)(C)C(C)(C)C)cc1[N+](=O)[O-]. The summed E-state index contributed by atoms with van der Waals surface area (Å²) in [4.78, 5) is 21.9. The number of carbonyl (C=O) groups excluding carboxylic acids is 1. The molecule has 0 aromatic carbocycles. The molecule has 1 unspecified atom stereocenters. The molecule has 0 radical (unpaired) electrons. The van der Waals surface area contributed by atoms with Crippen LogP contribution in [0.15, 0.2) is 6.20 Å². The van der Waals surface area contributed by atoms with Gasteiger partial charge in [0, 0.05) is 0 Å². The highest BCUT2D eigenvalue weighted by Gasteiger charge is 2.38. The predicted molar refractivity (Wildman–Crippen MR) is 88.0 cm³/mol. The molecule has 0 saturated heterocycles. The number of methoxy groups -OCH3 is 1. The average Bonchev–Trinajstić information content (AvgIpc) is 2.79. The number of hydrogen-bond acceptors (Lipinski definition) is 6. The normalized spacial score (nSPS) is 13.7. The van der Waals surface area contributed by atoms with Gasteiger partial charge >= 0.3 is 11.7 Å². The molecule has 1 aromatic rings. The Morgan fingerprint density at radius 1 is 1.48 bits per heavy atom. The van der Waals surface area contributed by atoms with E-state index in [0.29, 0.717) is 6.54 Å². The van der Waals surface area contributed by atoms with Crippen LogP contribution < -0.4 is 0 Å². The summed E-state index contributed by atoms with van der Waals surface area (Å²) in [5, 5.41) is 15.1. The lowest BCUT2D eigenvalue weighted by Gasteiger charge is -2.38. The Kier molecular flexibility index (Phi) is 5.70. The fourth-order valence-corrected chi connectivity index (χ4v) is 3.29. The van der Waals surface area contributed by atoms with Gasteiger partial charge < -0.3 is 9.16 Å². The Morgan fingerprint density at radius 2 is 2.04 bits per heavy atom. The quantitative estimate of drug-likeness (QED) is 0.341. The highest BCUT2D eigenvalue weighted by Crippen LogP contribution is 2.37. The van der Waals surface area contributed by atoms with E-state index < -0.39 is 19.2 Å². The van der Waals surface area contributed by atoms with Crippen molar-refractivity contribution >= 4 is 20.0 Å². The number of rotatable bonds is 6. The molecule has 1 heterocycles. The van der Waals surface area contributed by atoms with Gasteiger partial charge in [0.05, 0.1) is 24.7 Å². The van der Waals surface area contributed by atoms with Crippen molar-refractivity contribution < 1.29 is 18.9 Å². The number of hydrogen-bond donors (Lipinski definition) is 0. The molecule has 0 bridgehead atoms. The molecule has 130 valence electrons. The van der Waals surface area contributed by atoms with Gasteiger partial charge in [-0.05, 0) is 25.1 Å². The maximum atomic E-state index is 11.6. The summed E-state index contributed by atoms with van der Waals surface area (Å²) < 4.78 is 12.1. The fourth-order valence-electron chi connectivity index (χ4n) is 1.86. The number of ether oxygens (including phenoxy) is 1. The molecule has 0 aliphatic carbocycles. The van der Waals surface area contributed by atoms with E-state index in [9.17, 15) is 14.9 Å². The fraction of sp³-hybridized carbons (Fsp3) is 0.714. The molecule has 0 saturated carbocycles. The largest absolute Gasteiger partial charge is 0.464 e. The molecule has 1 rings (SSSR count). The second kappa shape index (κ2) is 6.79. The first-order valence-electron chi connectivity index (χ1n) is 7.37. The molecule has 0 aliphatic rings. The van der Waals surface area contributed by atoms with Gasteiger partial charge in [0.25, 0.3) is 0 Å². The van der Waals surface area contributed by atoms with Crippen molar-refractivity contribution in [3.05, 3.63) is 22.0 Å². The van der Waals surface area contributed by atoms with Crippen LogP contribution in [-0.4, -0.2) is 42.2 Å². The van der Waals surface area contributed by atoms with Gasteiger partial charge in [-0.2, -0.15) is 5.10 Å². The maximum absolute atomic E-state index is 11.6. The van der Waals surface area contributed by atoms with E-state index in [4.69, 9.17) is 4.43 Å². The van der Waals surface area contributed by atoms with Crippen molar-refractivity contribution in [1.82, 2.24) is 9.78 Å². The van der Waals surface area contributed by atoms with Crippen molar-refractivity contribution in [3.8, 4) is 0 Å². The van der Waals surface area contributed by atoms with Gasteiger partial charge in [0.2, 0.25) is 5.69 Å². The number of aromatic nitrogens is 2. The summed E-state index contributed by atoms with van der Waals surface area (Å²) in [5.41, 5.74) is -0.659. The molecule has 1 atom stereocenters. The molecule has 0 amide bonds. The zero-order valence-corrected chi connectivity index (χ0v) is 15.7. The highest BCUT2D eigenvalue weighted by atomic mass is 28.4. The molecule has 8 nitrogen and oxygen atoms in total. The molecular weight excluding hydrogens is 318 g/mol. The van der Waals surface area contributed by atoms with Crippen LogP contribution in [0.25, 0.3) is 0 Å². The van der Waals surface area contributed by atoms with Crippen molar-refractivity contribution in [2.24, 2.45) is 0 Å². The van der Waals surface area contributed by atoms with Gasteiger partial charge in [0.1, 0.15) is 6.20 Å². The van der Waals surface area contributed by atoms with Crippen molar-refractivity contribution in [2.45, 2.75) is 58.5 Å². The van der Waals surface area contributed by atoms with Crippen LogP contribution in [0.3, 0.4) is 0 Å². The number of esters is 1. The predicted octanol–water partition coefficient (Wildman–Crippen LogP) is 2.99. The number of nitro groups is 1. The van der Waals surface area contributed by atoms with Gasteiger partial charge in [-0.1, -0.05) is 20.8 Å². The standard InChI is InChI=1S/C14H25N3O5Si/c1-10(22-23(6,7)14(2,3)4)8-16-9-11(17(19)20)12(15-16)13(18)21-5/h9-10H,8H2,1-7H3. The number of nitrogens with zero attached hydrogens (tertiary/aromatic N) is 3. The minimum Gasteiger partial charge on any atom is -0.464 e. The average molecular weight is 343 g/mol. The van der Waals surface area contributed by atoms with Crippen LogP contribution in [0.5, 0.6) is 0 Å². The molecule has 9 heteroatoms. The molecule has 0 fully saturated rings. The van der Waals surface area contributed by atoms with E-state index in [-0.39, 0.29) is 22.5 Å². The third-order valence-corrected chi connectivity index (χ3v) is 8.67. The Bertz CT molecular complexity index is 592. The third kappa shape index (κ3) is 4.61. The van der Waals surface area contributed by atoms with Crippen molar-refractivity contribution in [2.75, 3.05) is 7.11 Å². The first kappa shape index (κ1) is 19.3. The Balaban J connectivity index is 2.93. The molecular formula is C14H25N3O5Si. The smallest absolute Gasteiger partial charge is 0.365 e. The minimum absolute atomic E-state index is 0.0640. The van der Waals surface area contributed by atoms with Crippen LogP contribution in [0.1, 0.15) is 38.2 Å². The third-order valence-electron chi connectivity index (χ3n) is 4.06. The van der Waals surface area contributed by atoms with Gasteiger partial charge in [-0.25, -0.2) is 4.79 Å². The Morgan fingerprint density at radius 3 is 2.48 bits per heavy atom. The summed E-state index contributed by atoms with van der Waals surface area (Å²) in [6, 6.07) is 0. The van der Waals surface area contributed by atoms with E-state index in [2.05, 4.69) is 43.7 Å². The first-order chi connectivity index (χ1) is 10.4. The second-order valence-corrected chi connectivity index (χ2v) is 11.8. The molecule has 0 aliphatic heterocycles. The molecule has 0 spiro atoms. The van der Waals surface area contributed by atoms with E-state index in [1.165, 1.54) is 10.9 Å². The summed E-state index contributed by atoms with van der Waals surface area (Å²) in [6.45, 7) is 12.9. The van der Waals surface area contributed by atoms with E-state index in [1.54, 1.807) is 0 Å². The van der Waals surface area contributed by atoms with E-state index in [1.807, 2.05) is 6.92 Å². The van der Waals surface area contributed by atoms with E-state index in [0.717, 1.165) is 7.11 Å². The lowest BCUT2D eigenvalue weighted by molar-refractivity contribution is -0.385. The monoisotopic (exact) mass is 343 g/mol. The molecule has 0 N–H and O–H groups in total. The summed E-state index contributed by atoms with van der Waals surface area (Å²) >= 11 is 0. The zero-order valence-electron chi connectivity index (χ0n) is 14.7. The molecule has 23 heavy (non-hydrogen) atoms. The molecule has 1 aromatic heterocycles. The van der Waals surface area contributed by atoms with Crippen LogP contribution in [0.2, 0.25) is 18.1 Å². The van der Waals surface area contributed by atoms with Crippen molar-refractivity contribution in [3.63, 3.8) is 0 Å². The lowest BCUT2D eigenvalue weighted by Crippen LogP contribution is -2.44. The van der Waals surface area contributed by atoms with Gasteiger partial charge in [0.15, 0.2) is 8.32 Å². The van der Waals surface area contributed by atoms with Gasteiger partial charge in [-0.3, -0.25) is 14.8 Å². The van der Waals surface area contributed by atoms with Gasteiger partial charge in [-0.15, -0.1) is 0 Å². The van der Waals surface area contributed by atoms with Crippen LogP contribution in [0, 0.1) is 10.1 Å². The van der Waals surface area contributed by atoms with Crippen LogP contribution in [0.4, 0.5) is 5.69 Å². The van der Waals surface area contributed by atoms with Crippen LogP contribution >= 0.6 is 0 Å². The maximum Gasteiger partial charge on any atom is 0.365 e. The summed E-state index contributed by atoms with van der Waals surface area (Å²) in [6.07, 6.45) is 1.05. The lowest BCUT2D eigenvalue weighted by atomic mass is 10.2. The summed E-state index contributed by atoms with van der Waals surface area (Å²) in [5.74, 6) is -0.826. The van der Waals surface area contributed by atoms with E-state index >= 15 is 0 Å². The topological polar surface area (TPSA) is 96.5 Å². The van der Waals surface area contributed by atoms with Crippen LogP contribution in [-0.2, 0) is 15.7 Å². The zero-order chi connectivity index (χ0) is 18.0. The first-order valence-corrected chi connectivity index (χ1v) is 10.3. The Hall–Kier alpha value is -1.74. The van der Waals surface area contributed by atoms with Crippen molar-refractivity contribution in [1.29, 1.82) is 0 Å². The summed E-state index contributed by atoms with van der Waals surface area (Å²) in [7, 11) is -0.785. The highest BCUT2D eigenvalue weighted by molar-refractivity contribution is 6.74.